The van der Waals surface area contributed by atoms with E-state index in [1.807, 2.05) is 12.1 Å². The van der Waals surface area contributed by atoms with Gasteiger partial charge in [-0.1, -0.05) is 122 Å². The van der Waals surface area contributed by atoms with Crippen LogP contribution in [0, 0.1) is 0 Å². The first-order valence-electron chi connectivity index (χ1n) is 11.4. The number of benzene rings is 4. The van der Waals surface area contributed by atoms with Crippen LogP contribution in [-0.4, -0.2) is 9.97 Å². The van der Waals surface area contributed by atoms with E-state index in [1.54, 1.807) is 0 Å². The van der Waals surface area contributed by atoms with E-state index in [0.717, 1.165) is 44.0 Å². The summed E-state index contributed by atoms with van der Waals surface area (Å²) in [7, 11) is 0. The molecule has 0 saturated heterocycles. The summed E-state index contributed by atoms with van der Waals surface area (Å²) in [6.07, 6.45) is 0. The highest BCUT2D eigenvalue weighted by molar-refractivity contribution is 6.04. The van der Waals surface area contributed by atoms with Crippen LogP contribution in [-0.2, 0) is 0 Å². The molecule has 0 radical (unpaired) electrons. The van der Waals surface area contributed by atoms with E-state index in [-0.39, 0.29) is 0 Å². The van der Waals surface area contributed by atoms with Gasteiger partial charge in [-0.15, -0.1) is 0 Å². The maximum Gasteiger partial charge on any atom is 0.0559 e. The number of aromatic nitrogens is 2. The Hall–Kier alpha value is -4.56. The molecule has 162 valence electrons. The van der Waals surface area contributed by atoms with Gasteiger partial charge in [0.25, 0.3) is 0 Å². The van der Waals surface area contributed by atoms with E-state index >= 15 is 0 Å². The topological polar surface area (TPSA) is 31.6 Å². The van der Waals surface area contributed by atoms with Gasteiger partial charge in [-0.2, -0.15) is 0 Å². The molecule has 0 aliphatic carbocycles. The van der Waals surface area contributed by atoms with Crippen molar-refractivity contribution in [3.05, 3.63) is 120 Å². The van der Waals surface area contributed by atoms with Crippen molar-refractivity contribution < 1.29 is 0 Å². The van der Waals surface area contributed by atoms with Gasteiger partial charge in [-0.25, -0.2) is 0 Å². The molecule has 34 heavy (non-hydrogen) atoms. The Morgan fingerprint density at radius 2 is 0.647 bits per heavy atom. The first-order chi connectivity index (χ1) is 16.7. The van der Waals surface area contributed by atoms with Gasteiger partial charge in [0.1, 0.15) is 0 Å². The predicted molar refractivity (Wildman–Crippen MR) is 145 cm³/mol. The summed E-state index contributed by atoms with van der Waals surface area (Å²) in [4.78, 5) is 7.05. The van der Waals surface area contributed by atoms with Gasteiger partial charge in [0, 0.05) is 21.5 Å². The van der Waals surface area contributed by atoms with Gasteiger partial charge in [-0.05, 0) is 33.4 Å². The molecule has 2 nitrogen and oxygen atoms in total. The average molecular weight is 437 g/mol. The number of hydrogen-bond donors (Lipinski definition) is 2. The zero-order valence-corrected chi connectivity index (χ0v) is 18.8. The third kappa shape index (κ3) is 3.37. The smallest absolute Gasteiger partial charge is 0.0559 e. The highest BCUT2D eigenvalue weighted by Crippen LogP contribution is 2.32. The fourth-order valence-corrected chi connectivity index (χ4v) is 4.76. The summed E-state index contributed by atoms with van der Waals surface area (Å²) in [5, 5.41) is 3.98. The minimum absolute atomic E-state index is 0.894. The SMILES string of the molecule is C=c1[nH]c(-c2ccc(-c3ccccc3)cc2)c2c(=C)[nH]c(-c3ccc(-c4ccccc4)cc3)c12. The molecule has 6 rings (SSSR count). The number of aromatic amines is 2. The Labute approximate surface area is 198 Å². The molecule has 0 amide bonds. The van der Waals surface area contributed by atoms with Crippen LogP contribution in [0.5, 0.6) is 0 Å². The number of rotatable bonds is 4. The molecular weight excluding hydrogens is 412 g/mol. The number of H-pyrrole nitrogens is 2. The second-order valence-electron chi connectivity index (χ2n) is 8.59. The van der Waals surface area contributed by atoms with Gasteiger partial charge in [0.05, 0.1) is 11.4 Å². The van der Waals surface area contributed by atoms with Crippen molar-refractivity contribution in [1.82, 2.24) is 9.97 Å². The summed E-state index contributed by atoms with van der Waals surface area (Å²) in [5.41, 5.74) is 9.16. The van der Waals surface area contributed by atoms with Crippen molar-refractivity contribution in [2.24, 2.45) is 0 Å². The normalized spacial score (nSPS) is 11.2. The quantitative estimate of drug-likeness (QED) is 0.299. The molecule has 2 heteroatoms. The van der Waals surface area contributed by atoms with Crippen molar-refractivity contribution >= 4 is 23.9 Å². The molecular formula is C32H24N2. The minimum Gasteiger partial charge on any atom is -0.354 e. The number of hydrogen-bond acceptors (Lipinski definition) is 0. The number of nitrogens with one attached hydrogen (secondary N) is 2. The van der Waals surface area contributed by atoms with Crippen molar-refractivity contribution in [2.45, 2.75) is 0 Å². The first kappa shape index (κ1) is 20.1. The molecule has 0 aliphatic heterocycles. The number of fused-ring (bicyclic) bond motifs is 1. The molecule has 0 bridgehead atoms. The third-order valence-corrected chi connectivity index (χ3v) is 6.47. The Kier molecular flexibility index (Phi) is 4.78. The van der Waals surface area contributed by atoms with Gasteiger partial charge in [0.2, 0.25) is 0 Å². The fraction of sp³-hybridized carbons (Fsp3) is 0. The van der Waals surface area contributed by atoms with E-state index in [0.29, 0.717) is 0 Å². The molecule has 0 unspecified atom stereocenters. The molecule has 0 fully saturated rings. The van der Waals surface area contributed by atoms with Crippen molar-refractivity contribution in [3.63, 3.8) is 0 Å². The third-order valence-electron chi connectivity index (χ3n) is 6.47. The van der Waals surface area contributed by atoms with Gasteiger partial charge in [0.15, 0.2) is 0 Å². The van der Waals surface area contributed by atoms with Crippen LogP contribution in [0.15, 0.2) is 109 Å². The molecule has 0 saturated carbocycles. The zero-order valence-electron chi connectivity index (χ0n) is 18.8. The Bertz CT molecular complexity index is 1560. The minimum atomic E-state index is 0.894. The maximum atomic E-state index is 4.32. The van der Waals surface area contributed by atoms with Crippen LogP contribution in [0.4, 0.5) is 0 Å². The van der Waals surface area contributed by atoms with Crippen LogP contribution in [0.25, 0.3) is 68.7 Å². The van der Waals surface area contributed by atoms with E-state index in [4.69, 9.17) is 0 Å². The van der Waals surface area contributed by atoms with E-state index < -0.39 is 0 Å². The van der Waals surface area contributed by atoms with Gasteiger partial charge < -0.3 is 9.97 Å². The second-order valence-corrected chi connectivity index (χ2v) is 8.59. The first-order valence-corrected chi connectivity index (χ1v) is 11.4. The summed E-state index contributed by atoms with van der Waals surface area (Å²) >= 11 is 0. The molecule has 6 aromatic rings. The van der Waals surface area contributed by atoms with Crippen LogP contribution in [0.3, 0.4) is 0 Å². The summed E-state index contributed by atoms with van der Waals surface area (Å²) in [6.45, 7) is 8.64. The lowest BCUT2D eigenvalue weighted by molar-refractivity contribution is 1.30. The largest absolute Gasteiger partial charge is 0.354 e. The van der Waals surface area contributed by atoms with Crippen LogP contribution < -0.4 is 10.7 Å². The highest BCUT2D eigenvalue weighted by Gasteiger charge is 2.16. The molecule has 2 N–H and O–H groups in total. The Morgan fingerprint density at radius 3 is 1.00 bits per heavy atom. The lowest BCUT2D eigenvalue weighted by Crippen LogP contribution is -2.01. The molecule has 0 spiro atoms. The van der Waals surface area contributed by atoms with E-state index in [2.05, 4.69) is 120 Å². The summed E-state index contributed by atoms with van der Waals surface area (Å²) in [6, 6.07) is 38.2. The van der Waals surface area contributed by atoms with E-state index in [9.17, 15) is 0 Å². The molecule has 4 aromatic carbocycles. The van der Waals surface area contributed by atoms with Gasteiger partial charge in [-0.3, -0.25) is 0 Å². The summed E-state index contributed by atoms with van der Waals surface area (Å²) < 4.78 is 0. The van der Waals surface area contributed by atoms with Crippen molar-refractivity contribution in [1.29, 1.82) is 0 Å². The van der Waals surface area contributed by atoms with Crippen LogP contribution in [0.1, 0.15) is 0 Å². The standard InChI is InChI=1S/C32H24N2/c1-21-29-30(32(33-21)28-19-15-26(16-20-28)24-11-7-4-8-12-24)22(2)34-31(29)27-17-13-25(14-18-27)23-9-5-3-6-10-23/h3-20,33-34H,1-2H2. The summed E-state index contributed by atoms with van der Waals surface area (Å²) in [5.74, 6) is 0. The zero-order chi connectivity index (χ0) is 23.1. The Morgan fingerprint density at radius 1 is 0.353 bits per heavy atom. The highest BCUT2D eigenvalue weighted by atomic mass is 14.8. The lowest BCUT2D eigenvalue weighted by atomic mass is 10.0. The predicted octanol–water partition coefficient (Wildman–Crippen LogP) is 6.98. The molecule has 0 atom stereocenters. The average Bonchev–Trinajstić information content (AvgIpc) is 3.43. The second kappa shape index (κ2) is 8.09. The fourth-order valence-electron chi connectivity index (χ4n) is 4.76. The molecule has 0 aliphatic rings. The van der Waals surface area contributed by atoms with Crippen LogP contribution >= 0.6 is 0 Å². The Balaban J connectivity index is 1.41. The molecule has 2 aromatic heterocycles. The van der Waals surface area contributed by atoms with Crippen LogP contribution in [0.2, 0.25) is 0 Å². The van der Waals surface area contributed by atoms with E-state index in [1.165, 1.54) is 22.3 Å². The van der Waals surface area contributed by atoms with Crippen molar-refractivity contribution in [3.8, 4) is 44.8 Å². The molecule has 2 heterocycles. The van der Waals surface area contributed by atoms with Crippen molar-refractivity contribution in [2.75, 3.05) is 0 Å². The lowest BCUT2D eigenvalue weighted by Gasteiger charge is -2.04. The van der Waals surface area contributed by atoms with Gasteiger partial charge >= 0.3 is 0 Å². The maximum absolute atomic E-state index is 4.32. The monoisotopic (exact) mass is 436 g/mol.